The van der Waals surface area contributed by atoms with Crippen molar-refractivity contribution in [1.29, 1.82) is 0 Å². The number of rotatable bonds is 3. The molecule has 0 amide bonds. The molecular formula is C18H25Cl2N7O2. The van der Waals surface area contributed by atoms with Gasteiger partial charge in [-0.3, -0.25) is 10.1 Å². The number of aryl methyl sites for hydroxylation is 1. The van der Waals surface area contributed by atoms with Gasteiger partial charge in [-0.1, -0.05) is 0 Å². The fourth-order valence-corrected chi connectivity index (χ4v) is 4.04. The summed E-state index contributed by atoms with van der Waals surface area (Å²) in [4.78, 5) is 22.6. The summed E-state index contributed by atoms with van der Waals surface area (Å²) in [5, 5.41) is 11.6. The number of piperidine rings is 1. The summed E-state index contributed by atoms with van der Waals surface area (Å²) in [7, 11) is 0. The molecule has 1 aromatic carbocycles. The summed E-state index contributed by atoms with van der Waals surface area (Å²) in [6, 6.07) is 3.10. The van der Waals surface area contributed by atoms with E-state index in [2.05, 4.69) is 9.88 Å². The van der Waals surface area contributed by atoms with Gasteiger partial charge < -0.3 is 22.1 Å². The van der Waals surface area contributed by atoms with Crippen LogP contribution in [0.15, 0.2) is 12.1 Å². The lowest BCUT2D eigenvalue weighted by Crippen LogP contribution is -2.43. The molecule has 0 bridgehead atoms. The predicted molar refractivity (Wildman–Crippen MR) is 119 cm³/mol. The quantitative estimate of drug-likeness (QED) is 0.373. The van der Waals surface area contributed by atoms with Crippen LogP contribution in [0, 0.1) is 10.1 Å². The average molecular weight is 442 g/mol. The van der Waals surface area contributed by atoms with Gasteiger partial charge >= 0.3 is 5.69 Å². The van der Waals surface area contributed by atoms with Crippen molar-refractivity contribution >= 4 is 47.7 Å². The molecule has 6 N–H and O–H groups in total. The first-order valence-corrected chi connectivity index (χ1v) is 9.18. The van der Waals surface area contributed by atoms with Crippen molar-refractivity contribution in [3.63, 3.8) is 0 Å². The predicted octanol–water partition coefficient (Wildman–Crippen LogP) is 2.48. The summed E-state index contributed by atoms with van der Waals surface area (Å²) in [6.45, 7) is 1.59. The van der Waals surface area contributed by atoms with Gasteiger partial charge in [-0.25, -0.2) is 9.97 Å². The second kappa shape index (κ2) is 8.98. The Kier molecular flexibility index (Phi) is 7.10. The number of fused-ring (bicyclic) bond motifs is 1. The number of anilines is 3. The molecule has 1 saturated heterocycles. The van der Waals surface area contributed by atoms with E-state index in [1.54, 1.807) is 6.07 Å². The van der Waals surface area contributed by atoms with Crippen LogP contribution in [0.5, 0.6) is 0 Å². The molecular weight excluding hydrogens is 417 g/mol. The number of halogens is 2. The Morgan fingerprint density at radius 3 is 2.52 bits per heavy atom. The second-order valence-corrected chi connectivity index (χ2v) is 7.22. The average Bonchev–Trinajstić information content (AvgIpc) is 3.10. The number of nitrogens with zero attached hydrogens (tertiary/aromatic N) is 4. The number of aromatic nitrogens is 2. The van der Waals surface area contributed by atoms with Crippen LogP contribution in [0.1, 0.15) is 30.5 Å². The second-order valence-electron chi connectivity index (χ2n) is 7.22. The third-order valence-corrected chi connectivity index (χ3v) is 5.32. The maximum absolute atomic E-state index is 11.6. The molecule has 4 rings (SSSR count). The normalized spacial score (nSPS) is 17.8. The van der Waals surface area contributed by atoms with Crippen LogP contribution >= 0.6 is 24.8 Å². The third kappa shape index (κ3) is 4.17. The van der Waals surface area contributed by atoms with Gasteiger partial charge in [-0.05, 0) is 44.2 Å². The highest BCUT2D eigenvalue weighted by Gasteiger charge is 2.30. The summed E-state index contributed by atoms with van der Waals surface area (Å²) in [5.41, 5.74) is 20.4. The molecule has 158 valence electrons. The van der Waals surface area contributed by atoms with E-state index < -0.39 is 4.92 Å². The number of nitro benzene ring substituents is 1. The molecule has 0 saturated carbocycles. The first-order chi connectivity index (χ1) is 13.0. The van der Waals surface area contributed by atoms with Gasteiger partial charge in [0.15, 0.2) is 5.82 Å². The number of benzene rings is 1. The van der Waals surface area contributed by atoms with Crippen molar-refractivity contribution in [1.82, 2.24) is 9.97 Å². The van der Waals surface area contributed by atoms with Crippen molar-refractivity contribution in [2.24, 2.45) is 5.73 Å². The van der Waals surface area contributed by atoms with E-state index in [-0.39, 0.29) is 59.3 Å². The van der Waals surface area contributed by atoms with Crippen molar-refractivity contribution in [2.45, 2.75) is 38.1 Å². The van der Waals surface area contributed by atoms with E-state index >= 15 is 0 Å². The smallest absolute Gasteiger partial charge is 0.305 e. The van der Waals surface area contributed by atoms with E-state index in [1.165, 1.54) is 6.07 Å². The number of hydrogen-bond acceptors (Lipinski definition) is 8. The zero-order chi connectivity index (χ0) is 19.1. The van der Waals surface area contributed by atoms with Gasteiger partial charge in [0.2, 0.25) is 0 Å². The minimum Gasteiger partial charge on any atom is -0.398 e. The number of nitrogens with two attached hydrogens (primary N) is 3. The molecule has 1 aromatic heterocycles. The highest BCUT2D eigenvalue weighted by Crippen LogP contribution is 2.40. The Labute approximate surface area is 181 Å². The van der Waals surface area contributed by atoms with Gasteiger partial charge in [0.05, 0.1) is 4.92 Å². The van der Waals surface area contributed by atoms with E-state index in [0.717, 1.165) is 62.3 Å². The summed E-state index contributed by atoms with van der Waals surface area (Å²) in [5.74, 6) is 1.10. The van der Waals surface area contributed by atoms with E-state index in [4.69, 9.17) is 22.2 Å². The Morgan fingerprint density at radius 1 is 1.10 bits per heavy atom. The zero-order valence-corrected chi connectivity index (χ0v) is 17.5. The number of nitro groups is 1. The lowest BCUT2D eigenvalue weighted by atomic mass is 10.0. The number of nitrogen functional groups attached to an aromatic ring is 2. The first kappa shape index (κ1) is 22.9. The van der Waals surface area contributed by atoms with Crippen LogP contribution in [-0.4, -0.2) is 34.0 Å². The molecule has 1 atom stereocenters. The standard InChI is InChI=1S/C18H23N7O2.2ClH/c19-10-3-2-8-24(9-10)18-11-4-1-5-14(11)22-17(23-18)15-12(20)6-7-13(21)16(15)25(26)27;;/h6-7,10H,1-5,8-9,19-21H2;2*1H. The first-order valence-electron chi connectivity index (χ1n) is 9.18. The van der Waals surface area contributed by atoms with Crippen LogP contribution < -0.4 is 22.1 Å². The van der Waals surface area contributed by atoms with Crippen LogP contribution in [0.25, 0.3) is 11.4 Å². The third-order valence-electron chi connectivity index (χ3n) is 5.32. The molecule has 2 aliphatic rings. The van der Waals surface area contributed by atoms with Crippen LogP contribution in [0.3, 0.4) is 0 Å². The molecule has 9 nitrogen and oxygen atoms in total. The summed E-state index contributed by atoms with van der Waals surface area (Å²) in [6.07, 6.45) is 4.72. The van der Waals surface area contributed by atoms with Gasteiger partial charge in [-0.2, -0.15) is 0 Å². The molecule has 2 aromatic rings. The zero-order valence-electron chi connectivity index (χ0n) is 15.8. The summed E-state index contributed by atoms with van der Waals surface area (Å²) < 4.78 is 0. The molecule has 1 unspecified atom stereocenters. The van der Waals surface area contributed by atoms with Crippen LogP contribution in [0.2, 0.25) is 0 Å². The molecule has 0 spiro atoms. The number of hydrogen-bond donors (Lipinski definition) is 3. The fraction of sp³-hybridized carbons (Fsp3) is 0.444. The largest absolute Gasteiger partial charge is 0.398 e. The molecule has 29 heavy (non-hydrogen) atoms. The molecule has 1 aliphatic carbocycles. The lowest BCUT2D eigenvalue weighted by Gasteiger charge is -2.33. The highest BCUT2D eigenvalue weighted by molar-refractivity contribution is 5.87. The maximum Gasteiger partial charge on any atom is 0.305 e. The highest BCUT2D eigenvalue weighted by atomic mass is 35.5. The SMILES string of the molecule is Cl.Cl.Nc1ccc(N)c([N+](=O)[O-])c1-c1nc2c(c(N3CCCC(N)C3)n1)CCC2. The molecule has 2 heterocycles. The molecule has 11 heteroatoms. The minimum absolute atomic E-state index is 0. The Hall–Kier alpha value is -2.36. The van der Waals surface area contributed by atoms with Gasteiger partial charge in [0.1, 0.15) is 17.1 Å². The van der Waals surface area contributed by atoms with Crippen LogP contribution in [-0.2, 0) is 12.8 Å². The van der Waals surface area contributed by atoms with Gasteiger partial charge in [0, 0.05) is 36.1 Å². The van der Waals surface area contributed by atoms with Crippen molar-refractivity contribution in [3.8, 4) is 11.4 Å². The van der Waals surface area contributed by atoms with E-state index in [0.29, 0.717) is 0 Å². The van der Waals surface area contributed by atoms with Crippen molar-refractivity contribution < 1.29 is 4.92 Å². The van der Waals surface area contributed by atoms with Crippen molar-refractivity contribution in [2.75, 3.05) is 29.5 Å². The maximum atomic E-state index is 11.6. The topological polar surface area (TPSA) is 150 Å². The Balaban J connectivity index is 0.00000150. The summed E-state index contributed by atoms with van der Waals surface area (Å²) >= 11 is 0. The Morgan fingerprint density at radius 2 is 1.83 bits per heavy atom. The van der Waals surface area contributed by atoms with Gasteiger partial charge in [0.25, 0.3) is 0 Å². The lowest BCUT2D eigenvalue weighted by molar-refractivity contribution is -0.383. The minimum atomic E-state index is -0.520. The molecule has 1 fully saturated rings. The van der Waals surface area contributed by atoms with E-state index in [1.807, 2.05) is 0 Å². The van der Waals surface area contributed by atoms with E-state index in [9.17, 15) is 10.1 Å². The van der Waals surface area contributed by atoms with Crippen molar-refractivity contribution in [3.05, 3.63) is 33.5 Å². The molecule has 1 aliphatic heterocycles. The monoisotopic (exact) mass is 441 g/mol. The molecule has 0 radical (unpaired) electrons. The Bertz CT molecular complexity index is 926. The fourth-order valence-electron chi connectivity index (χ4n) is 4.04. The van der Waals surface area contributed by atoms with Crippen LogP contribution in [0.4, 0.5) is 22.9 Å². The van der Waals surface area contributed by atoms with Gasteiger partial charge in [-0.15, -0.1) is 24.8 Å².